The van der Waals surface area contributed by atoms with E-state index < -0.39 is 0 Å². The van der Waals surface area contributed by atoms with Gasteiger partial charge in [-0.3, -0.25) is 0 Å². The Kier molecular flexibility index (Phi) is 3.06. The maximum Gasteiger partial charge on any atom is 0.180 e. The lowest BCUT2D eigenvalue weighted by atomic mass is 10.0. The number of nitrogen functional groups attached to an aromatic ring is 1. The lowest BCUT2D eigenvalue weighted by molar-refractivity contribution is 0.501. The second-order valence-corrected chi connectivity index (χ2v) is 5.48. The van der Waals surface area contributed by atoms with Crippen LogP contribution < -0.4 is 5.73 Å². The van der Waals surface area contributed by atoms with Gasteiger partial charge in [-0.15, -0.1) is 11.3 Å². The molecule has 0 amide bonds. The summed E-state index contributed by atoms with van der Waals surface area (Å²) in [7, 11) is 0. The number of hydrogen-bond donors (Lipinski definition) is 1. The third-order valence-corrected chi connectivity index (χ3v) is 4.02. The van der Waals surface area contributed by atoms with Crippen LogP contribution >= 0.6 is 11.3 Å². The van der Waals surface area contributed by atoms with E-state index in [1.807, 2.05) is 0 Å². The van der Waals surface area contributed by atoms with Crippen LogP contribution in [0.15, 0.2) is 0 Å². The summed E-state index contributed by atoms with van der Waals surface area (Å²) in [5.74, 6) is 0.956. The molecule has 0 spiro atoms. The Morgan fingerprint density at radius 3 is 2.71 bits per heavy atom. The van der Waals surface area contributed by atoms with E-state index in [1.54, 1.807) is 11.3 Å². The van der Waals surface area contributed by atoms with Crippen LogP contribution in [0.5, 0.6) is 0 Å². The van der Waals surface area contributed by atoms with Crippen LogP contribution in [0.2, 0.25) is 0 Å². The van der Waals surface area contributed by atoms with E-state index in [0.29, 0.717) is 0 Å². The first-order valence-corrected chi connectivity index (χ1v) is 6.29. The molecule has 2 rings (SSSR count). The maximum atomic E-state index is 5.67. The zero-order chi connectivity index (χ0) is 9.97. The van der Waals surface area contributed by atoms with Crippen molar-refractivity contribution in [3.63, 3.8) is 0 Å². The van der Waals surface area contributed by atoms with E-state index in [2.05, 4.69) is 11.9 Å². The van der Waals surface area contributed by atoms with Crippen molar-refractivity contribution in [2.45, 2.75) is 45.4 Å². The Balaban J connectivity index is 1.87. The maximum absolute atomic E-state index is 5.67. The van der Waals surface area contributed by atoms with Crippen LogP contribution in [-0.2, 0) is 6.42 Å². The highest BCUT2D eigenvalue weighted by Crippen LogP contribution is 2.29. The van der Waals surface area contributed by atoms with Crippen LogP contribution in [0.4, 0.5) is 5.13 Å². The van der Waals surface area contributed by atoms with Gasteiger partial charge in [0.05, 0.1) is 5.69 Å². The number of nitrogens with zero attached hydrogens (tertiary/aromatic N) is 1. The van der Waals surface area contributed by atoms with Gasteiger partial charge in [0.25, 0.3) is 0 Å². The molecule has 1 aliphatic rings. The number of aromatic nitrogens is 1. The topological polar surface area (TPSA) is 38.9 Å². The third kappa shape index (κ3) is 2.27. The Bertz CT molecular complexity index is 300. The highest BCUT2D eigenvalue weighted by molar-refractivity contribution is 7.15. The second-order valence-electron chi connectivity index (χ2n) is 4.24. The molecular formula is C11H18N2S. The van der Waals surface area contributed by atoms with Gasteiger partial charge in [0.2, 0.25) is 0 Å². The van der Waals surface area contributed by atoms with Crippen molar-refractivity contribution in [2.24, 2.45) is 5.92 Å². The molecule has 0 bridgehead atoms. The van der Waals surface area contributed by atoms with Gasteiger partial charge in [-0.2, -0.15) is 0 Å². The molecule has 1 saturated carbocycles. The van der Waals surface area contributed by atoms with Gasteiger partial charge < -0.3 is 5.73 Å². The molecule has 3 heteroatoms. The van der Waals surface area contributed by atoms with Gasteiger partial charge in [0.15, 0.2) is 5.13 Å². The Hall–Kier alpha value is -0.570. The minimum atomic E-state index is 0.726. The van der Waals surface area contributed by atoms with E-state index in [9.17, 15) is 0 Å². The number of thiazole rings is 1. The molecule has 0 saturated heterocycles. The van der Waals surface area contributed by atoms with Crippen LogP contribution in [0.25, 0.3) is 0 Å². The number of aryl methyl sites for hydroxylation is 2. The molecule has 0 radical (unpaired) electrons. The summed E-state index contributed by atoms with van der Waals surface area (Å²) in [5.41, 5.74) is 6.91. The average molecular weight is 210 g/mol. The van der Waals surface area contributed by atoms with E-state index >= 15 is 0 Å². The number of hydrogen-bond acceptors (Lipinski definition) is 3. The fourth-order valence-electron chi connectivity index (χ4n) is 2.32. The molecule has 1 fully saturated rings. The van der Waals surface area contributed by atoms with Crippen LogP contribution in [0.3, 0.4) is 0 Å². The summed E-state index contributed by atoms with van der Waals surface area (Å²) >= 11 is 1.62. The first-order valence-electron chi connectivity index (χ1n) is 5.47. The SMILES string of the molecule is Cc1sc(N)nc1CCC1CCCC1. The fourth-order valence-corrected chi connectivity index (χ4v) is 3.06. The lowest BCUT2D eigenvalue weighted by Gasteiger charge is -2.06. The van der Waals surface area contributed by atoms with Gasteiger partial charge in [0.1, 0.15) is 0 Å². The van der Waals surface area contributed by atoms with Crippen LogP contribution in [-0.4, -0.2) is 4.98 Å². The van der Waals surface area contributed by atoms with Crippen molar-refractivity contribution in [1.82, 2.24) is 4.98 Å². The molecule has 1 heterocycles. The first-order chi connectivity index (χ1) is 6.75. The molecular weight excluding hydrogens is 192 g/mol. The zero-order valence-electron chi connectivity index (χ0n) is 8.75. The average Bonchev–Trinajstić information content (AvgIpc) is 2.72. The molecule has 1 aromatic rings. The molecule has 2 N–H and O–H groups in total. The molecule has 14 heavy (non-hydrogen) atoms. The molecule has 78 valence electrons. The number of rotatable bonds is 3. The van der Waals surface area contributed by atoms with Crippen LogP contribution in [0.1, 0.15) is 42.7 Å². The number of anilines is 1. The summed E-state index contributed by atoms with van der Waals surface area (Å²) in [4.78, 5) is 5.67. The van der Waals surface area contributed by atoms with Crippen molar-refractivity contribution < 1.29 is 0 Å². The summed E-state index contributed by atoms with van der Waals surface area (Å²) < 4.78 is 0. The lowest BCUT2D eigenvalue weighted by Crippen LogP contribution is -1.97. The summed E-state index contributed by atoms with van der Waals surface area (Å²) in [6.07, 6.45) is 8.16. The van der Waals surface area contributed by atoms with Crippen molar-refractivity contribution in [2.75, 3.05) is 5.73 Å². The van der Waals surface area contributed by atoms with Crippen molar-refractivity contribution in [1.29, 1.82) is 0 Å². The van der Waals surface area contributed by atoms with Crippen molar-refractivity contribution in [3.8, 4) is 0 Å². The third-order valence-electron chi connectivity index (χ3n) is 3.17. The molecule has 0 unspecified atom stereocenters. The molecule has 1 aliphatic carbocycles. The predicted octanol–water partition coefficient (Wildman–Crippen LogP) is 3.16. The fraction of sp³-hybridized carbons (Fsp3) is 0.727. The van der Waals surface area contributed by atoms with Gasteiger partial charge in [-0.25, -0.2) is 4.98 Å². The summed E-state index contributed by atoms with van der Waals surface area (Å²) in [6, 6.07) is 0. The van der Waals surface area contributed by atoms with Gasteiger partial charge in [0, 0.05) is 4.88 Å². The number of nitrogens with two attached hydrogens (primary N) is 1. The predicted molar refractivity (Wildman–Crippen MR) is 61.5 cm³/mol. The van der Waals surface area contributed by atoms with Gasteiger partial charge in [-0.05, 0) is 25.7 Å². The molecule has 0 atom stereocenters. The summed E-state index contributed by atoms with van der Waals surface area (Å²) in [6.45, 7) is 2.12. The quantitative estimate of drug-likeness (QED) is 0.832. The smallest absolute Gasteiger partial charge is 0.180 e. The highest BCUT2D eigenvalue weighted by atomic mass is 32.1. The minimum absolute atomic E-state index is 0.726. The van der Waals surface area contributed by atoms with E-state index in [0.717, 1.165) is 17.5 Å². The Morgan fingerprint density at radius 2 is 2.14 bits per heavy atom. The van der Waals surface area contributed by atoms with E-state index in [1.165, 1.54) is 42.7 Å². The van der Waals surface area contributed by atoms with Gasteiger partial charge in [-0.1, -0.05) is 25.7 Å². The largest absolute Gasteiger partial charge is 0.375 e. The standard InChI is InChI=1S/C11H18N2S/c1-8-10(13-11(12)14-8)7-6-9-4-2-3-5-9/h9H,2-7H2,1H3,(H2,12,13). The van der Waals surface area contributed by atoms with Crippen molar-refractivity contribution in [3.05, 3.63) is 10.6 Å². The van der Waals surface area contributed by atoms with E-state index in [4.69, 9.17) is 5.73 Å². The van der Waals surface area contributed by atoms with E-state index in [-0.39, 0.29) is 0 Å². The first kappa shape index (κ1) is 9.97. The Labute approximate surface area is 89.5 Å². The van der Waals surface area contributed by atoms with Crippen molar-refractivity contribution >= 4 is 16.5 Å². The minimum Gasteiger partial charge on any atom is -0.375 e. The van der Waals surface area contributed by atoms with Gasteiger partial charge >= 0.3 is 0 Å². The Morgan fingerprint density at radius 1 is 1.43 bits per heavy atom. The second kappa shape index (κ2) is 4.30. The molecule has 0 aliphatic heterocycles. The molecule has 1 aromatic heterocycles. The monoisotopic (exact) mass is 210 g/mol. The summed E-state index contributed by atoms with van der Waals surface area (Å²) in [5, 5.41) is 0.726. The molecule has 2 nitrogen and oxygen atoms in total. The zero-order valence-corrected chi connectivity index (χ0v) is 9.57. The highest BCUT2D eigenvalue weighted by Gasteiger charge is 2.15. The molecule has 0 aromatic carbocycles. The normalized spacial score (nSPS) is 17.8. The van der Waals surface area contributed by atoms with Crippen LogP contribution in [0, 0.1) is 12.8 Å².